The quantitative estimate of drug-likeness (QED) is 0.774. The molecule has 0 saturated carbocycles. The van der Waals surface area contributed by atoms with Crippen LogP contribution in [0.15, 0.2) is 38.9 Å². The van der Waals surface area contributed by atoms with Crippen molar-refractivity contribution in [3.8, 4) is 0 Å². The molecule has 1 aromatic heterocycles. The number of amides is 1. The molecule has 1 heterocycles. The molecule has 1 aromatic carbocycles. The van der Waals surface area contributed by atoms with Crippen LogP contribution >= 0.6 is 23.1 Å². The van der Waals surface area contributed by atoms with Gasteiger partial charge in [0, 0.05) is 30.9 Å². The lowest BCUT2D eigenvalue weighted by atomic mass is 10.3. The zero-order chi connectivity index (χ0) is 17.9. The molecule has 1 atom stereocenters. The van der Waals surface area contributed by atoms with E-state index >= 15 is 0 Å². The summed E-state index contributed by atoms with van der Waals surface area (Å²) >= 11 is 2.87. The van der Waals surface area contributed by atoms with Gasteiger partial charge in [0.15, 0.2) is 4.34 Å². The average molecular weight is 386 g/mol. The fourth-order valence-electron chi connectivity index (χ4n) is 1.78. The molecule has 0 bridgehead atoms. The SMILES string of the molecule is Cc1csc(S[C@@H](C)C(=O)Nc2cccc(S(=O)(=O)N(C)C)c2)n1. The summed E-state index contributed by atoms with van der Waals surface area (Å²) < 4.78 is 26.3. The van der Waals surface area contributed by atoms with Crippen molar-refractivity contribution in [2.24, 2.45) is 0 Å². The Morgan fingerprint density at radius 2 is 2.08 bits per heavy atom. The molecule has 0 aliphatic carbocycles. The molecule has 24 heavy (non-hydrogen) atoms. The molecule has 0 radical (unpaired) electrons. The molecule has 0 spiro atoms. The van der Waals surface area contributed by atoms with Gasteiger partial charge < -0.3 is 5.32 Å². The van der Waals surface area contributed by atoms with Crippen LogP contribution in [0.3, 0.4) is 0 Å². The van der Waals surface area contributed by atoms with Gasteiger partial charge in [0.05, 0.1) is 10.1 Å². The van der Waals surface area contributed by atoms with Gasteiger partial charge in [0.2, 0.25) is 15.9 Å². The predicted molar refractivity (Wildman–Crippen MR) is 98.1 cm³/mol. The number of sulfonamides is 1. The van der Waals surface area contributed by atoms with Gasteiger partial charge in [-0.05, 0) is 32.0 Å². The molecular formula is C15H19N3O3S3. The molecule has 0 saturated heterocycles. The molecule has 130 valence electrons. The number of anilines is 1. The predicted octanol–water partition coefficient (Wildman–Crippen LogP) is 2.82. The van der Waals surface area contributed by atoms with Gasteiger partial charge in [0.1, 0.15) is 0 Å². The minimum absolute atomic E-state index is 0.140. The van der Waals surface area contributed by atoms with Crippen molar-refractivity contribution in [3.63, 3.8) is 0 Å². The van der Waals surface area contributed by atoms with Gasteiger partial charge in [-0.15, -0.1) is 11.3 Å². The number of nitrogens with one attached hydrogen (secondary N) is 1. The third kappa shape index (κ3) is 4.56. The van der Waals surface area contributed by atoms with Crippen molar-refractivity contribution < 1.29 is 13.2 Å². The number of carbonyl (C=O) groups is 1. The highest BCUT2D eigenvalue weighted by Crippen LogP contribution is 2.27. The molecule has 0 aliphatic rings. The second kappa shape index (κ2) is 7.64. The van der Waals surface area contributed by atoms with E-state index in [1.165, 1.54) is 49.3 Å². The second-order valence-electron chi connectivity index (χ2n) is 5.32. The van der Waals surface area contributed by atoms with E-state index in [1.54, 1.807) is 19.1 Å². The summed E-state index contributed by atoms with van der Waals surface area (Å²) in [5.41, 5.74) is 1.38. The van der Waals surface area contributed by atoms with Crippen molar-refractivity contribution in [1.82, 2.24) is 9.29 Å². The number of hydrogen-bond acceptors (Lipinski definition) is 6. The number of benzene rings is 1. The Balaban J connectivity index is 2.09. The zero-order valence-corrected chi connectivity index (χ0v) is 16.3. The van der Waals surface area contributed by atoms with Crippen LogP contribution in [0, 0.1) is 6.92 Å². The Kier molecular flexibility index (Phi) is 6.02. The maximum absolute atomic E-state index is 12.3. The van der Waals surface area contributed by atoms with E-state index in [0.717, 1.165) is 14.3 Å². The summed E-state index contributed by atoms with van der Waals surface area (Å²) in [5.74, 6) is -0.202. The minimum Gasteiger partial charge on any atom is -0.325 e. The first-order chi connectivity index (χ1) is 11.2. The lowest BCUT2D eigenvalue weighted by Gasteiger charge is -2.14. The van der Waals surface area contributed by atoms with Gasteiger partial charge in [-0.3, -0.25) is 4.79 Å². The number of thioether (sulfide) groups is 1. The highest BCUT2D eigenvalue weighted by Gasteiger charge is 2.19. The summed E-state index contributed by atoms with van der Waals surface area (Å²) in [5, 5.41) is 4.34. The third-order valence-electron chi connectivity index (χ3n) is 3.12. The molecule has 0 unspecified atom stereocenters. The van der Waals surface area contributed by atoms with E-state index in [1.807, 2.05) is 12.3 Å². The van der Waals surface area contributed by atoms with Crippen LogP contribution < -0.4 is 5.32 Å². The number of rotatable bonds is 6. The molecule has 2 rings (SSSR count). The summed E-state index contributed by atoms with van der Waals surface area (Å²) in [7, 11) is -0.598. The Morgan fingerprint density at radius 1 is 1.38 bits per heavy atom. The van der Waals surface area contributed by atoms with E-state index in [-0.39, 0.29) is 16.1 Å². The first kappa shape index (κ1) is 18.9. The Labute approximate surface area is 150 Å². The smallest absolute Gasteiger partial charge is 0.242 e. The standard InChI is InChI=1S/C15H19N3O3S3/c1-10-9-22-15(16-10)23-11(2)14(19)17-12-6-5-7-13(8-12)24(20,21)18(3)4/h5-9,11H,1-4H3,(H,17,19)/t11-/m0/s1. The Hall–Kier alpha value is -1.42. The summed E-state index contributed by atoms with van der Waals surface area (Å²) in [4.78, 5) is 16.8. The van der Waals surface area contributed by atoms with Crippen LogP contribution in [0.4, 0.5) is 5.69 Å². The van der Waals surface area contributed by atoms with E-state index in [9.17, 15) is 13.2 Å². The summed E-state index contributed by atoms with van der Waals surface area (Å²) in [6.45, 7) is 3.69. The lowest BCUT2D eigenvalue weighted by Crippen LogP contribution is -2.24. The van der Waals surface area contributed by atoms with Crippen LogP contribution in [0.25, 0.3) is 0 Å². The Morgan fingerprint density at radius 3 is 2.67 bits per heavy atom. The van der Waals surface area contributed by atoms with Gasteiger partial charge >= 0.3 is 0 Å². The lowest BCUT2D eigenvalue weighted by molar-refractivity contribution is -0.115. The number of nitrogens with zero attached hydrogens (tertiary/aromatic N) is 2. The van der Waals surface area contributed by atoms with Crippen LogP contribution in [-0.2, 0) is 14.8 Å². The van der Waals surface area contributed by atoms with Crippen LogP contribution in [0.2, 0.25) is 0 Å². The van der Waals surface area contributed by atoms with Crippen molar-refractivity contribution >= 4 is 44.7 Å². The normalized spacial score (nSPS) is 13.0. The molecule has 2 aromatic rings. The molecule has 0 fully saturated rings. The monoisotopic (exact) mass is 385 g/mol. The molecule has 1 amide bonds. The largest absolute Gasteiger partial charge is 0.325 e. The maximum atomic E-state index is 12.3. The van der Waals surface area contributed by atoms with E-state index < -0.39 is 10.0 Å². The number of carbonyl (C=O) groups excluding carboxylic acids is 1. The van der Waals surface area contributed by atoms with Crippen molar-refractivity contribution in [3.05, 3.63) is 35.3 Å². The van der Waals surface area contributed by atoms with E-state index in [4.69, 9.17) is 0 Å². The molecule has 6 nitrogen and oxygen atoms in total. The number of thiazole rings is 1. The van der Waals surface area contributed by atoms with Gasteiger partial charge in [-0.25, -0.2) is 17.7 Å². The van der Waals surface area contributed by atoms with E-state index in [2.05, 4.69) is 10.3 Å². The first-order valence-electron chi connectivity index (χ1n) is 7.12. The second-order valence-corrected chi connectivity index (χ2v) is 9.92. The van der Waals surface area contributed by atoms with Crippen LogP contribution in [-0.4, -0.2) is 43.0 Å². The van der Waals surface area contributed by atoms with Gasteiger partial charge in [-0.1, -0.05) is 17.8 Å². The maximum Gasteiger partial charge on any atom is 0.242 e. The zero-order valence-electron chi connectivity index (χ0n) is 13.8. The number of aryl methyl sites for hydroxylation is 1. The summed E-state index contributed by atoms with van der Waals surface area (Å²) in [6, 6.07) is 6.23. The van der Waals surface area contributed by atoms with Crippen molar-refractivity contribution in [2.45, 2.75) is 28.3 Å². The van der Waals surface area contributed by atoms with Gasteiger partial charge in [0.25, 0.3) is 0 Å². The average Bonchev–Trinajstić information content (AvgIpc) is 2.92. The molecule has 1 N–H and O–H groups in total. The Bertz CT molecular complexity index is 831. The first-order valence-corrected chi connectivity index (χ1v) is 10.3. The van der Waals surface area contributed by atoms with Crippen molar-refractivity contribution in [1.29, 1.82) is 0 Å². The summed E-state index contributed by atoms with van der Waals surface area (Å²) in [6.07, 6.45) is 0. The third-order valence-corrected chi connectivity index (χ3v) is 7.13. The van der Waals surface area contributed by atoms with Crippen LogP contribution in [0.5, 0.6) is 0 Å². The fraction of sp³-hybridized carbons (Fsp3) is 0.333. The molecule has 9 heteroatoms. The minimum atomic E-state index is -3.53. The van der Waals surface area contributed by atoms with Crippen LogP contribution in [0.1, 0.15) is 12.6 Å². The van der Waals surface area contributed by atoms with Crippen molar-refractivity contribution in [2.75, 3.05) is 19.4 Å². The molecule has 0 aliphatic heterocycles. The molecular weight excluding hydrogens is 366 g/mol. The van der Waals surface area contributed by atoms with Gasteiger partial charge in [-0.2, -0.15) is 0 Å². The van der Waals surface area contributed by atoms with E-state index in [0.29, 0.717) is 5.69 Å². The fourth-order valence-corrected chi connectivity index (χ4v) is 4.71. The number of hydrogen-bond donors (Lipinski definition) is 1. The highest BCUT2D eigenvalue weighted by molar-refractivity contribution is 8.02. The highest BCUT2D eigenvalue weighted by atomic mass is 32.2. The number of aromatic nitrogens is 1. The topological polar surface area (TPSA) is 79.4 Å².